The van der Waals surface area contributed by atoms with Crippen molar-refractivity contribution in [2.45, 2.75) is 42.9 Å². The number of rotatable bonds is 11. The Kier molecular flexibility index (Phi) is 9.35. The van der Waals surface area contributed by atoms with Gasteiger partial charge < -0.3 is 34.6 Å². The molecule has 0 amide bonds. The monoisotopic (exact) mass is 438 g/mol. The molecule has 30 heavy (non-hydrogen) atoms. The molecule has 0 spiro atoms. The molecule has 5 atom stereocenters. The number of benzene rings is 2. The van der Waals surface area contributed by atoms with E-state index in [9.17, 15) is 20.4 Å². The van der Waals surface area contributed by atoms with Crippen molar-refractivity contribution >= 4 is 22.5 Å². The van der Waals surface area contributed by atoms with Gasteiger partial charge in [-0.2, -0.15) is 0 Å². The molecule has 166 valence electrons. The quantitative estimate of drug-likeness (QED) is 0.389. The third-order valence-corrected chi connectivity index (χ3v) is 6.32. The van der Waals surface area contributed by atoms with Crippen LogP contribution in [0.3, 0.4) is 0 Å². The Bertz CT molecular complexity index is 767. The molecule has 1 saturated heterocycles. The maximum absolute atomic E-state index is 10.00. The van der Waals surface area contributed by atoms with Gasteiger partial charge in [0.05, 0.1) is 26.4 Å². The standard InChI is InChI=1S/C22H30O7S/c23-13-18-19(24)20(25)21(26)22(29-18)30-12-4-9-27-10-11-28-14-16-7-3-6-15-5-1-2-8-17(15)16/h1-3,5-8,18-26H,4,9-14H2/t18-,19-,20+,21-,22+/m1/s1. The number of hydrogen-bond donors (Lipinski definition) is 4. The number of aliphatic hydroxyl groups is 4. The van der Waals surface area contributed by atoms with Crippen LogP contribution in [0.4, 0.5) is 0 Å². The zero-order chi connectivity index (χ0) is 21.3. The summed E-state index contributed by atoms with van der Waals surface area (Å²) >= 11 is 1.33. The van der Waals surface area contributed by atoms with Gasteiger partial charge in [-0.3, -0.25) is 0 Å². The second kappa shape index (κ2) is 12.0. The maximum atomic E-state index is 10.00. The lowest BCUT2D eigenvalue weighted by atomic mass is 10.0. The molecule has 1 aliphatic rings. The number of ether oxygens (including phenoxy) is 3. The third-order valence-electron chi connectivity index (χ3n) is 5.07. The highest BCUT2D eigenvalue weighted by molar-refractivity contribution is 7.99. The van der Waals surface area contributed by atoms with Gasteiger partial charge in [0, 0.05) is 6.61 Å². The van der Waals surface area contributed by atoms with Crippen LogP contribution < -0.4 is 0 Å². The van der Waals surface area contributed by atoms with Gasteiger partial charge in [-0.25, -0.2) is 0 Å². The average Bonchev–Trinajstić information content (AvgIpc) is 2.77. The van der Waals surface area contributed by atoms with Crippen molar-refractivity contribution in [1.82, 2.24) is 0 Å². The molecule has 0 aromatic heterocycles. The first-order valence-electron chi connectivity index (χ1n) is 10.2. The van der Waals surface area contributed by atoms with E-state index in [1.165, 1.54) is 22.5 Å². The van der Waals surface area contributed by atoms with Crippen molar-refractivity contribution in [3.63, 3.8) is 0 Å². The molecular weight excluding hydrogens is 408 g/mol. The fourth-order valence-corrected chi connectivity index (χ4v) is 4.48. The summed E-state index contributed by atoms with van der Waals surface area (Å²) in [7, 11) is 0. The van der Waals surface area contributed by atoms with E-state index in [1.807, 2.05) is 18.2 Å². The number of fused-ring (bicyclic) bond motifs is 1. The number of thioether (sulfide) groups is 1. The predicted molar refractivity (Wildman–Crippen MR) is 115 cm³/mol. The molecule has 2 aromatic rings. The zero-order valence-corrected chi connectivity index (χ0v) is 17.6. The van der Waals surface area contributed by atoms with E-state index < -0.39 is 36.5 Å². The molecule has 1 heterocycles. The third kappa shape index (κ3) is 6.15. The SMILES string of the molecule is OC[C@H]1O[C@@H](SCCCOCCOCc2cccc3ccccc23)[C@H](O)[C@@H](O)[C@@H]1O. The van der Waals surface area contributed by atoms with Crippen LogP contribution in [0.5, 0.6) is 0 Å². The molecule has 8 heteroatoms. The van der Waals surface area contributed by atoms with Crippen molar-refractivity contribution in [1.29, 1.82) is 0 Å². The Morgan fingerprint density at radius 1 is 0.867 bits per heavy atom. The van der Waals surface area contributed by atoms with Crippen LogP contribution >= 0.6 is 11.8 Å². The van der Waals surface area contributed by atoms with E-state index in [4.69, 9.17) is 14.2 Å². The van der Waals surface area contributed by atoms with E-state index in [0.29, 0.717) is 32.2 Å². The first-order valence-corrected chi connectivity index (χ1v) is 11.2. The van der Waals surface area contributed by atoms with Gasteiger partial charge in [0.25, 0.3) is 0 Å². The normalized spacial score (nSPS) is 26.9. The highest BCUT2D eigenvalue weighted by Crippen LogP contribution is 2.28. The highest BCUT2D eigenvalue weighted by Gasteiger charge is 2.43. The fourth-order valence-electron chi connectivity index (χ4n) is 3.39. The summed E-state index contributed by atoms with van der Waals surface area (Å²) in [6.45, 7) is 1.67. The Morgan fingerprint density at radius 2 is 1.63 bits per heavy atom. The lowest BCUT2D eigenvalue weighted by Gasteiger charge is -2.39. The van der Waals surface area contributed by atoms with Crippen molar-refractivity contribution in [3.05, 3.63) is 48.0 Å². The number of aliphatic hydroxyl groups excluding tert-OH is 4. The van der Waals surface area contributed by atoms with Crippen LogP contribution in [0.15, 0.2) is 42.5 Å². The van der Waals surface area contributed by atoms with Crippen molar-refractivity contribution in [2.75, 3.05) is 32.2 Å². The topological polar surface area (TPSA) is 109 Å². The largest absolute Gasteiger partial charge is 0.394 e. The first-order chi connectivity index (χ1) is 14.6. The van der Waals surface area contributed by atoms with Crippen molar-refractivity contribution in [2.24, 2.45) is 0 Å². The van der Waals surface area contributed by atoms with Crippen molar-refractivity contribution < 1.29 is 34.6 Å². The minimum Gasteiger partial charge on any atom is -0.394 e. The van der Waals surface area contributed by atoms with Crippen molar-refractivity contribution in [3.8, 4) is 0 Å². The lowest BCUT2D eigenvalue weighted by molar-refractivity contribution is -0.205. The van der Waals surface area contributed by atoms with E-state index in [2.05, 4.69) is 24.3 Å². The first kappa shape index (κ1) is 23.4. The molecular formula is C22H30O7S. The lowest BCUT2D eigenvalue weighted by Crippen LogP contribution is -2.57. The fraction of sp³-hybridized carbons (Fsp3) is 0.545. The van der Waals surface area contributed by atoms with E-state index >= 15 is 0 Å². The summed E-state index contributed by atoms with van der Waals surface area (Å²) < 4.78 is 16.8. The summed E-state index contributed by atoms with van der Waals surface area (Å²) in [5.74, 6) is 0.652. The van der Waals surface area contributed by atoms with Gasteiger partial charge >= 0.3 is 0 Å². The summed E-state index contributed by atoms with van der Waals surface area (Å²) in [5, 5.41) is 41.2. The average molecular weight is 439 g/mol. The number of hydrogen-bond acceptors (Lipinski definition) is 8. The smallest absolute Gasteiger partial charge is 0.132 e. The van der Waals surface area contributed by atoms with Crippen LogP contribution in [0.25, 0.3) is 10.8 Å². The summed E-state index contributed by atoms with van der Waals surface area (Å²) in [5.41, 5.74) is 0.466. The van der Waals surface area contributed by atoms with Crippen LogP contribution in [0.2, 0.25) is 0 Å². The second-order valence-corrected chi connectivity index (χ2v) is 8.43. The summed E-state index contributed by atoms with van der Waals surface area (Å²) in [6.07, 6.45) is -3.97. The van der Waals surface area contributed by atoms with Gasteiger partial charge in [0.1, 0.15) is 29.9 Å². The molecule has 3 rings (SSSR count). The van der Waals surface area contributed by atoms with Crippen LogP contribution in [0, 0.1) is 0 Å². The molecule has 0 saturated carbocycles. The van der Waals surface area contributed by atoms with Crippen LogP contribution in [0.1, 0.15) is 12.0 Å². The molecule has 7 nitrogen and oxygen atoms in total. The van der Waals surface area contributed by atoms with E-state index in [1.54, 1.807) is 0 Å². The molecule has 1 aliphatic heterocycles. The molecule has 4 N–H and O–H groups in total. The van der Waals surface area contributed by atoms with Gasteiger partial charge in [-0.15, -0.1) is 11.8 Å². The van der Waals surface area contributed by atoms with Crippen LogP contribution in [-0.4, -0.2) is 82.5 Å². The van der Waals surface area contributed by atoms with Gasteiger partial charge in [0.2, 0.25) is 0 Å². The Labute approximate surface area is 180 Å². The zero-order valence-electron chi connectivity index (χ0n) is 16.8. The predicted octanol–water partition coefficient (Wildman–Crippen LogP) is 1.30. The van der Waals surface area contributed by atoms with E-state index in [-0.39, 0.29) is 0 Å². The van der Waals surface area contributed by atoms with Crippen LogP contribution in [-0.2, 0) is 20.8 Å². The molecule has 1 fully saturated rings. The minimum atomic E-state index is -1.33. The summed E-state index contributed by atoms with van der Waals surface area (Å²) in [6, 6.07) is 14.4. The molecule has 0 bridgehead atoms. The summed E-state index contributed by atoms with van der Waals surface area (Å²) in [4.78, 5) is 0. The molecule has 2 aromatic carbocycles. The highest BCUT2D eigenvalue weighted by atomic mass is 32.2. The minimum absolute atomic E-state index is 0.413. The Balaban J connectivity index is 1.26. The Hall–Kier alpha value is -1.23. The van der Waals surface area contributed by atoms with Gasteiger partial charge in [-0.1, -0.05) is 42.5 Å². The van der Waals surface area contributed by atoms with E-state index in [0.717, 1.165) is 12.0 Å². The second-order valence-electron chi connectivity index (χ2n) is 7.22. The Morgan fingerprint density at radius 3 is 2.47 bits per heavy atom. The van der Waals surface area contributed by atoms with Gasteiger partial charge in [0.15, 0.2) is 0 Å². The maximum Gasteiger partial charge on any atom is 0.132 e. The van der Waals surface area contributed by atoms with Gasteiger partial charge in [-0.05, 0) is 28.5 Å². The molecule has 0 unspecified atom stereocenters. The molecule has 0 radical (unpaired) electrons. The molecule has 0 aliphatic carbocycles.